The maximum absolute atomic E-state index is 9.79. The second kappa shape index (κ2) is 3.97. The van der Waals surface area contributed by atoms with Gasteiger partial charge in [-0.05, 0) is 25.0 Å². The van der Waals surface area contributed by atoms with Gasteiger partial charge in [0.2, 0.25) is 0 Å². The van der Waals surface area contributed by atoms with Crippen molar-refractivity contribution in [2.24, 2.45) is 0 Å². The van der Waals surface area contributed by atoms with Crippen LogP contribution in [0.2, 0.25) is 10.0 Å². The van der Waals surface area contributed by atoms with Crippen LogP contribution in [-0.2, 0) is 0 Å². The van der Waals surface area contributed by atoms with Gasteiger partial charge in [0.05, 0.1) is 17.7 Å². The number of ether oxygens (including phenoxy) is 1. The zero-order valence-electron chi connectivity index (χ0n) is 7.46. The first-order valence-corrected chi connectivity index (χ1v) is 5.24. The Morgan fingerprint density at radius 3 is 2.93 bits per heavy atom. The van der Waals surface area contributed by atoms with E-state index in [1.54, 1.807) is 12.1 Å². The highest BCUT2D eigenvalue weighted by molar-refractivity contribution is 6.35. The van der Waals surface area contributed by atoms with Crippen molar-refractivity contribution in [1.82, 2.24) is 0 Å². The van der Waals surface area contributed by atoms with Gasteiger partial charge >= 0.3 is 0 Å². The number of rotatable bonds is 0. The molecule has 0 fully saturated rings. The molecule has 0 radical (unpaired) electrons. The van der Waals surface area contributed by atoms with Crippen LogP contribution in [-0.4, -0.2) is 11.7 Å². The Balaban J connectivity index is 2.53. The van der Waals surface area contributed by atoms with E-state index in [0.29, 0.717) is 34.4 Å². The van der Waals surface area contributed by atoms with Crippen molar-refractivity contribution in [3.63, 3.8) is 0 Å². The zero-order valence-corrected chi connectivity index (χ0v) is 8.98. The van der Waals surface area contributed by atoms with Gasteiger partial charge in [0, 0.05) is 10.6 Å². The third-order valence-corrected chi connectivity index (χ3v) is 2.76. The van der Waals surface area contributed by atoms with E-state index in [1.165, 1.54) is 0 Å². The summed E-state index contributed by atoms with van der Waals surface area (Å²) in [4.78, 5) is 0. The molecule has 1 heterocycles. The van der Waals surface area contributed by atoms with Crippen molar-refractivity contribution >= 4 is 23.2 Å². The summed E-state index contributed by atoms with van der Waals surface area (Å²) in [5, 5.41) is 10.8. The zero-order chi connectivity index (χ0) is 10.1. The number of aliphatic hydroxyl groups is 1. The number of halogens is 2. The van der Waals surface area contributed by atoms with Crippen molar-refractivity contribution in [1.29, 1.82) is 0 Å². The van der Waals surface area contributed by atoms with Gasteiger partial charge < -0.3 is 9.84 Å². The van der Waals surface area contributed by atoms with Crippen molar-refractivity contribution in [3.05, 3.63) is 27.7 Å². The minimum absolute atomic E-state index is 0.466. The minimum atomic E-state index is -0.524. The average molecular weight is 233 g/mol. The number of aliphatic hydroxyl groups excluding tert-OH is 1. The normalized spacial score (nSPS) is 20.9. The smallest absolute Gasteiger partial charge is 0.143 e. The molecule has 0 aliphatic carbocycles. The third kappa shape index (κ3) is 1.83. The summed E-state index contributed by atoms with van der Waals surface area (Å²) in [5.74, 6) is 0.570. The molecule has 14 heavy (non-hydrogen) atoms. The van der Waals surface area contributed by atoms with E-state index in [4.69, 9.17) is 27.9 Å². The van der Waals surface area contributed by atoms with Gasteiger partial charge in [-0.15, -0.1) is 0 Å². The van der Waals surface area contributed by atoms with Crippen molar-refractivity contribution in [3.8, 4) is 5.75 Å². The van der Waals surface area contributed by atoms with E-state index >= 15 is 0 Å². The molecule has 1 N–H and O–H groups in total. The molecule has 0 amide bonds. The molecule has 0 saturated carbocycles. The van der Waals surface area contributed by atoms with Gasteiger partial charge in [-0.25, -0.2) is 0 Å². The van der Waals surface area contributed by atoms with Crippen LogP contribution in [0.1, 0.15) is 24.5 Å². The Labute approximate surface area is 92.4 Å². The van der Waals surface area contributed by atoms with Gasteiger partial charge in [-0.2, -0.15) is 0 Å². The molecule has 0 unspecified atom stereocenters. The summed E-state index contributed by atoms with van der Waals surface area (Å²) in [7, 11) is 0. The maximum Gasteiger partial charge on any atom is 0.143 e. The second-order valence-electron chi connectivity index (χ2n) is 3.31. The fraction of sp³-hybridized carbons (Fsp3) is 0.400. The average Bonchev–Trinajstić information content (AvgIpc) is 2.29. The van der Waals surface area contributed by atoms with E-state index in [0.717, 1.165) is 6.42 Å². The molecule has 4 heteroatoms. The molecule has 0 aromatic heterocycles. The van der Waals surface area contributed by atoms with Crippen LogP contribution in [0.25, 0.3) is 0 Å². The van der Waals surface area contributed by atoms with E-state index in [9.17, 15) is 5.11 Å². The highest BCUT2D eigenvalue weighted by Crippen LogP contribution is 2.39. The summed E-state index contributed by atoms with van der Waals surface area (Å²) < 4.78 is 5.45. The standard InChI is InChI=1S/C10H10Cl2O2/c11-6-4-7-9(13)2-1-3-14-10(7)8(12)5-6/h4-5,9,13H,1-3H2/t9-/m0/s1. The molecule has 1 aliphatic rings. The summed E-state index contributed by atoms with van der Waals surface area (Å²) in [6, 6.07) is 3.33. The van der Waals surface area contributed by atoms with Crippen LogP contribution in [0.5, 0.6) is 5.75 Å². The molecule has 2 nitrogen and oxygen atoms in total. The van der Waals surface area contributed by atoms with E-state index in [-0.39, 0.29) is 0 Å². The lowest BCUT2D eigenvalue weighted by molar-refractivity contribution is 0.167. The maximum atomic E-state index is 9.79. The quantitative estimate of drug-likeness (QED) is 0.745. The number of hydrogen-bond acceptors (Lipinski definition) is 2. The molecule has 76 valence electrons. The van der Waals surface area contributed by atoms with Crippen LogP contribution < -0.4 is 4.74 Å². The Kier molecular flexibility index (Phi) is 2.86. The Morgan fingerprint density at radius 2 is 2.14 bits per heavy atom. The van der Waals surface area contributed by atoms with Gasteiger partial charge in [-0.3, -0.25) is 0 Å². The van der Waals surface area contributed by atoms with Crippen molar-refractivity contribution < 1.29 is 9.84 Å². The molecule has 1 aromatic rings. The van der Waals surface area contributed by atoms with Crippen LogP contribution in [0.15, 0.2) is 12.1 Å². The first-order valence-electron chi connectivity index (χ1n) is 4.48. The van der Waals surface area contributed by atoms with E-state index in [2.05, 4.69) is 0 Å². The van der Waals surface area contributed by atoms with Crippen LogP contribution in [0.3, 0.4) is 0 Å². The van der Waals surface area contributed by atoms with Gasteiger partial charge in [-0.1, -0.05) is 23.2 Å². The van der Waals surface area contributed by atoms with Gasteiger partial charge in [0.15, 0.2) is 0 Å². The van der Waals surface area contributed by atoms with Crippen LogP contribution in [0, 0.1) is 0 Å². The predicted molar refractivity (Wildman–Crippen MR) is 56.2 cm³/mol. The van der Waals surface area contributed by atoms with Crippen LogP contribution in [0.4, 0.5) is 0 Å². The number of benzene rings is 1. The Bertz CT molecular complexity index is 352. The fourth-order valence-electron chi connectivity index (χ4n) is 1.59. The molecular formula is C10H10Cl2O2. The monoisotopic (exact) mass is 232 g/mol. The first kappa shape index (κ1) is 10.1. The summed E-state index contributed by atoms with van der Waals surface area (Å²) in [6.07, 6.45) is 0.983. The SMILES string of the molecule is O[C@H]1CCCOc2c(Cl)cc(Cl)cc21. The third-order valence-electron chi connectivity index (χ3n) is 2.26. The van der Waals surface area contributed by atoms with Gasteiger partial charge in [0.25, 0.3) is 0 Å². The Morgan fingerprint density at radius 1 is 1.36 bits per heavy atom. The summed E-state index contributed by atoms with van der Waals surface area (Å²) in [6.45, 7) is 0.589. The topological polar surface area (TPSA) is 29.5 Å². The number of hydrogen-bond donors (Lipinski definition) is 1. The summed E-state index contributed by atoms with van der Waals surface area (Å²) >= 11 is 11.8. The molecular weight excluding hydrogens is 223 g/mol. The lowest BCUT2D eigenvalue weighted by Gasteiger charge is -2.12. The largest absolute Gasteiger partial charge is 0.492 e. The fourth-order valence-corrected chi connectivity index (χ4v) is 2.15. The summed E-state index contributed by atoms with van der Waals surface area (Å²) in [5.41, 5.74) is 0.694. The van der Waals surface area contributed by atoms with Crippen LogP contribution >= 0.6 is 23.2 Å². The van der Waals surface area contributed by atoms with Gasteiger partial charge in [0.1, 0.15) is 5.75 Å². The number of fused-ring (bicyclic) bond motifs is 1. The first-order chi connectivity index (χ1) is 6.68. The lowest BCUT2D eigenvalue weighted by atomic mass is 10.1. The molecule has 0 spiro atoms. The van der Waals surface area contributed by atoms with E-state index < -0.39 is 6.10 Å². The predicted octanol–water partition coefficient (Wildman–Crippen LogP) is 3.20. The lowest BCUT2D eigenvalue weighted by Crippen LogP contribution is -1.97. The molecule has 2 rings (SSSR count). The highest BCUT2D eigenvalue weighted by atomic mass is 35.5. The Hall–Kier alpha value is -0.440. The second-order valence-corrected chi connectivity index (χ2v) is 4.16. The van der Waals surface area contributed by atoms with E-state index in [1.807, 2.05) is 0 Å². The molecule has 0 saturated heterocycles. The molecule has 0 bridgehead atoms. The molecule has 1 atom stereocenters. The molecule has 1 aliphatic heterocycles. The highest BCUT2D eigenvalue weighted by Gasteiger charge is 2.20. The van der Waals surface area contributed by atoms with Crippen molar-refractivity contribution in [2.45, 2.75) is 18.9 Å². The minimum Gasteiger partial charge on any atom is -0.492 e. The molecule has 1 aromatic carbocycles. The van der Waals surface area contributed by atoms with Crippen molar-refractivity contribution in [2.75, 3.05) is 6.61 Å².